The summed E-state index contributed by atoms with van der Waals surface area (Å²) in [5.74, 6) is 0.100. The van der Waals surface area contributed by atoms with Crippen molar-refractivity contribution >= 4 is 5.78 Å². The zero-order chi connectivity index (χ0) is 9.14. The van der Waals surface area contributed by atoms with Crippen LogP contribution in [-0.4, -0.2) is 10.8 Å². The van der Waals surface area contributed by atoms with Gasteiger partial charge in [0.15, 0.2) is 5.78 Å². The summed E-state index contributed by atoms with van der Waals surface area (Å²) in [6, 6.07) is 1.90. The second kappa shape index (κ2) is 3.48. The van der Waals surface area contributed by atoms with Crippen LogP contribution in [0.1, 0.15) is 35.5 Å². The minimum Gasteiger partial charge on any atom is -0.294 e. The van der Waals surface area contributed by atoms with Crippen molar-refractivity contribution < 1.29 is 4.79 Å². The van der Waals surface area contributed by atoms with Gasteiger partial charge in [-0.05, 0) is 31.9 Å². The number of pyridine rings is 1. The second-order valence-corrected chi connectivity index (χ2v) is 2.92. The van der Waals surface area contributed by atoms with Crippen molar-refractivity contribution in [3.63, 3.8) is 0 Å². The summed E-state index contributed by atoms with van der Waals surface area (Å²) in [7, 11) is 0. The molecule has 1 aromatic heterocycles. The summed E-state index contributed by atoms with van der Waals surface area (Å²) in [4.78, 5) is 15.3. The molecule has 0 spiro atoms. The molecule has 0 bridgehead atoms. The van der Waals surface area contributed by atoms with Crippen LogP contribution in [-0.2, 0) is 6.42 Å². The third kappa shape index (κ3) is 1.70. The van der Waals surface area contributed by atoms with Crippen LogP contribution in [0.25, 0.3) is 0 Å². The lowest BCUT2D eigenvalue weighted by Crippen LogP contribution is -2.01. The van der Waals surface area contributed by atoms with Gasteiger partial charge in [-0.2, -0.15) is 0 Å². The van der Waals surface area contributed by atoms with Crippen molar-refractivity contribution in [3.05, 3.63) is 29.1 Å². The Morgan fingerprint density at radius 2 is 2.25 bits per heavy atom. The fourth-order valence-electron chi connectivity index (χ4n) is 1.18. The highest BCUT2D eigenvalue weighted by molar-refractivity contribution is 5.95. The van der Waals surface area contributed by atoms with Crippen molar-refractivity contribution in [2.75, 3.05) is 0 Å². The van der Waals surface area contributed by atoms with Gasteiger partial charge in [-0.25, -0.2) is 0 Å². The van der Waals surface area contributed by atoms with E-state index < -0.39 is 0 Å². The van der Waals surface area contributed by atoms with Crippen LogP contribution >= 0.6 is 0 Å². The first-order chi connectivity index (χ1) is 5.65. The Balaban J connectivity index is 3.21. The highest BCUT2D eigenvalue weighted by Crippen LogP contribution is 2.09. The lowest BCUT2D eigenvalue weighted by molar-refractivity contribution is 0.101. The van der Waals surface area contributed by atoms with E-state index in [1.54, 1.807) is 13.1 Å². The quantitative estimate of drug-likeness (QED) is 0.625. The predicted molar refractivity (Wildman–Crippen MR) is 48.4 cm³/mol. The van der Waals surface area contributed by atoms with E-state index in [2.05, 4.69) is 4.98 Å². The standard InChI is InChI=1S/C10H13NO/c1-4-10-9(8(3)12)5-7(2)6-11-10/h5-6H,4H2,1-3H3. The lowest BCUT2D eigenvalue weighted by atomic mass is 10.1. The number of nitrogens with zero attached hydrogens (tertiary/aromatic N) is 1. The maximum absolute atomic E-state index is 11.1. The number of hydrogen-bond donors (Lipinski definition) is 0. The van der Waals surface area contributed by atoms with Gasteiger partial charge < -0.3 is 0 Å². The number of ketones is 1. The van der Waals surface area contributed by atoms with E-state index >= 15 is 0 Å². The number of hydrogen-bond acceptors (Lipinski definition) is 2. The first-order valence-corrected chi connectivity index (χ1v) is 4.11. The predicted octanol–water partition coefficient (Wildman–Crippen LogP) is 2.16. The summed E-state index contributed by atoms with van der Waals surface area (Å²) < 4.78 is 0. The van der Waals surface area contributed by atoms with Gasteiger partial charge in [0.05, 0.1) is 5.69 Å². The van der Waals surface area contributed by atoms with E-state index in [9.17, 15) is 4.79 Å². The van der Waals surface area contributed by atoms with E-state index in [0.717, 1.165) is 23.2 Å². The minimum absolute atomic E-state index is 0.100. The lowest BCUT2D eigenvalue weighted by Gasteiger charge is -2.03. The molecule has 1 aromatic rings. The highest BCUT2D eigenvalue weighted by atomic mass is 16.1. The maximum Gasteiger partial charge on any atom is 0.161 e. The van der Waals surface area contributed by atoms with E-state index in [4.69, 9.17) is 0 Å². The summed E-state index contributed by atoms with van der Waals surface area (Å²) in [5, 5.41) is 0. The third-order valence-corrected chi connectivity index (χ3v) is 1.82. The molecular weight excluding hydrogens is 150 g/mol. The SMILES string of the molecule is CCc1ncc(C)cc1C(C)=O. The Labute approximate surface area is 72.6 Å². The molecule has 1 rings (SSSR count). The molecule has 12 heavy (non-hydrogen) atoms. The van der Waals surface area contributed by atoms with Gasteiger partial charge >= 0.3 is 0 Å². The molecule has 2 nitrogen and oxygen atoms in total. The summed E-state index contributed by atoms with van der Waals surface area (Å²) in [5.41, 5.74) is 2.70. The number of aromatic nitrogens is 1. The molecule has 0 aromatic carbocycles. The van der Waals surface area contributed by atoms with E-state index in [1.165, 1.54) is 0 Å². The van der Waals surface area contributed by atoms with Crippen LogP contribution in [0.2, 0.25) is 0 Å². The molecule has 0 saturated heterocycles. The topological polar surface area (TPSA) is 30.0 Å². The zero-order valence-electron chi connectivity index (χ0n) is 7.72. The third-order valence-electron chi connectivity index (χ3n) is 1.82. The van der Waals surface area contributed by atoms with Crippen molar-refractivity contribution in [1.82, 2.24) is 4.98 Å². The Morgan fingerprint density at radius 3 is 2.75 bits per heavy atom. The molecule has 0 fully saturated rings. The molecule has 0 radical (unpaired) electrons. The molecule has 0 atom stereocenters. The summed E-state index contributed by atoms with van der Waals surface area (Å²) in [6.45, 7) is 5.53. The van der Waals surface area contributed by atoms with Crippen LogP contribution in [0.15, 0.2) is 12.3 Å². The average Bonchev–Trinajstić information content (AvgIpc) is 2.04. The Bertz CT molecular complexity index is 305. The fourth-order valence-corrected chi connectivity index (χ4v) is 1.18. The van der Waals surface area contributed by atoms with Crippen LogP contribution < -0.4 is 0 Å². The van der Waals surface area contributed by atoms with Gasteiger partial charge in [-0.3, -0.25) is 9.78 Å². The molecule has 0 aliphatic heterocycles. The van der Waals surface area contributed by atoms with Crippen LogP contribution in [0.5, 0.6) is 0 Å². The molecule has 64 valence electrons. The molecule has 0 saturated carbocycles. The van der Waals surface area contributed by atoms with Crippen molar-refractivity contribution in [1.29, 1.82) is 0 Å². The number of Topliss-reactive ketones (excluding diaryl/α,β-unsaturated/α-hetero) is 1. The first kappa shape index (κ1) is 8.91. The molecule has 0 N–H and O–H groups in total. The molecule has 2 heteroatoms. The molecule has 0 unspecified atom stereocenters. The minimum atomic E-state index is 0.100. The normalized spacial score (nSPS) is 9.92. The van der Waals surface area contributed by atoms with Gasteiger partial charge in [0.25, 0.3) is 0 Å². The fraction of sp³-hybridized carbons (Fsp3) is 0.400. The van der Waals surface area contributed by atoms with Gasteiger partial charge in [0.1, 0.15) is 0 Å². The van der Waals surface area contributed by atoms with Crippen molar-refractivity contribution in [3.8, 4) is 0 Å². The Morgan fingerprint density at radius 1 is 1.58 bits per heavy atom. The zero-order valence-corrected chi connectivity index (χ0v) is 7.72. The summed E-state index contributed by atoms with van der Waals surface area (Å²) in [6.07, 6.45) is 2.61. The summed E-state index contributed by atoms with van der Waals surface area (Å²) >= 11 is 0. The van der Waals surface area contributed by atoms with E-state index in [0.29, 0.717) is 0 Å². The molecule has 0 amide bonds. The highest BCUT2D eigenvalue weighted by Gasteiger charge is 2.06. The first-order valence-electron chi connectivity index (χ1n) is 4.11. The number of carbonyl (C=O) groups excluding carboxylic acids is 1. The smallest absolute Gasteiger partial charge is 0.161 e. The van der Waals surface area contributed by atoms with Gasteiger partial charge in [-0.15, -0.1) is 0 Å². The Kier molecular flexibility index (Phi) is 2.58. The largest absolute Gasteiger partial charge is 0.294 e. The van der Waals surface area contributed by atoms with Gasteiger partial charge in [-0.1, -0.05) is 6.92 Å². The monoisotopic (exact) mass is 163 g/mol. The van der Waals surface area contributed by atoms with Crippen molar-refractivity contribution in [2.24, 2.45) is 0 Å². The second-order valence-electron chi connectivity index (χ2n) is 2.92. The number of aryl methyl sites for hydroxylation is 2. The van der Waals surface area contributed by atoms with Crippen LogP contribution in [0.3, 0.4) is 0 Å². The van der Waals surface area contributed by atoms with Crippen LogP contribution in [0.4, 0.5) is 0 Å². The van der Waals surface area contributed by atoms with Crippen LogP contribution in [0, 0.1) is 6.92 Å². The maximum atomic E-state index is 11.1. The molecule has 0 aliphatic carbocycles. The average molecular weight is 163 g/mol. The van der Waals surface area contributed by atoms with Gasteiger partial charge in [0.2, 0.25) is 0 Å². The van der Waals surface area contributed by atoms with Crippen molar-refractivity contribution in [2.45, 2.75) is 27.2 Å². The molecular formula is C10H13NO. The Hall–Kier alpha value is -1.18. The number of carbonyl (C=O) groups is 1. The molecule has 0 aliphatic rings. The van der Waals surface area contributed by atoms with E-state index in [1.807, 2.05) is 19.9 Å². The van der Waals surface area contributed by atoms with E-state index in [-0.39, 0.29) is 5.78 Å². The number of rotatable bonds is 2. The van der Waals surface area contributed by atoms with Gasteiger partial charge in [0, 0.05) is 11.8 Å². The molecule has 1 heterocycles.